The predicted octanol–water partition coefficient (Wildman–Crippen LogP) is 1.73. The molecule has 1 unspecified atom stereocenters. The summed E-state index contributed by atoms with van der Waals surface area (Å²) in [4.78, 5) is 35.8. The van der Waals surface area contributed by atoms with Gasteiger partial charge in [-0.3, -0.25) is 14.6 Å². The zero-order valence-corrected chi connectivity index (χ0v) is 15.3. The Morgan fingerprint density at radius 1 is 1.12 bits per heavy atom. The van der Waals surface area contributed by atoms with Crippen molar-refractivity contribution in [1.82, 2.24) is 19.7 Å². The number of likely N-dealkylation sites (N-methyl/N-ethyl adjacent to an activating group) is 1. The molecule has 0 N–H and O–H groups in total. The lowest BCUT2D eigenvalue weighted by Crippen LogP contribution is -2.48. The van der Waals surface area contributed by atoms with E-state index < -0.39 is 0 Å². The van der Waals surface area contributed by atoms with E-state index in [4.69, 9.17) is 0 Å². The van der Waals surface area contributed by atoms with E-state index in [0.29, 0.717) is 17.2 Å². The SMILES string of the molecule is CCN1CCN(C(=O)c2ccnc(C(=O)N3CCCC(C)C3)c2)CC1. The van der Waals surface area contributed by atoms with Crippen LogP contribution in [0.5, 0.6) is 0 Å². The van der Waals surface area contributed by atoms with Gasteiger partial charge in [-0.2, -0.15) is 0 Å². The summed E-state index contributed by atoms with van der Waals surface area (Å²) in [5, 5.41) is 0. The summed E-state index contributed by atoms with van der Waals surface area (Å²) in [7, 11) is 0. The van der Waals surface area contributed by atoms with Gasteiger partial charge in [0.25, 0.3) is 11.8 Å². The molecule has 3 rings (SSSR count). The normalized spacial score (nSPS) is 22.1. The van der Waals surface area contributed by atoms with Crippen LogP contribution in [0.3, 0.4) is 0 Å². The molecule has 0 radical (unpaired) electrons. The minimum atomic E-state index is -0.0583. The monoisotopic (exact) mass is 344 g/mol. The number of piperidine rings is 1. The van der Waals surface area contributed by atoms with Crippen molar-refractivity contribution >= 4 is 11.8 Å². The summed E-state index contributed by atoms with van der Waals surface area (Å²) in [5.74, 6) is 0.466. The van der Waals surface area contributed by atoms with Gasteiger partial charge < -0.3 is 14.7 Å². The van der Waals surface area contributed by atoms with Gasteiger partial charge in [0.2, 0.25) is 0 Å². The molecule has 1 aromatic heterocycles. The molecule has 25 heavy (non-hydrogen) atoms. The lowest BCUT2D eigenvalue weighted by Gasteiger charge is -2.34. The summed E-state index contributed by atoms with van der Waals surface area (Å²) in [6.07, 6.45) is 3.78. The highest BCUT2D eigenvalue weighted by atomic mass is 16.2. The third-order valence-corrected chi connectivity index (χ3v) is 5.28. The van der Waals surface area contributed by atoms with Crippen LogP contribution < -0.4 is 0 Å². The van der Waals surface area contributed by atoms with E-state index in [0.717, 1.165) is 52.2 Å². The third-order valence-electron chi connectivity index (χ3n) is 5.28. The number of hydrogen-bond acceptors (Lipinski definition) is 4. The highest BCUT2D eigenvalue weighted by Crippen LogP contribution is 2.18. The maximum Gasteiger partial charge on any atom is 0.272 e. The van der Waals surface area contributed by atoms with Crippen LogP contribution in [0.2, 0.25) is 0 Å². The molecule has 6 nitrogen and oxygen atoms in total. The van der Waals surface area contributed by atoms with E-state index in [9.17, 15) is 9.59 Å². The van der Waals surface area contributed by atoms with Crippen LogP contribution in [-0.2, 0) is 0 Å². The number of carbonyl (C=O) groups excluding carboxylic acids is 2. The van der Waals surface area contributed by atoms with Gasteiger partial charge >= 0.3 is 0 Å². The fourth-order valence-electron chi connectivity index (χ4n) is 3.67. The second-order valence-corrected chi connectivity index (χ2v) is 7.15. The lowest BCUT2D eigenvalue weighted by atomic mass is 10.00. The first-order valence-electron chi connectivity index (χ1n) is 9.35. The minimum Gasteiger partial charge on any atom is -0.337 e. The van der Waals surface area contributed by atoms with Crippen molar-refractivity contribution in [3.8, 4) is 0 Å². The first kappa shape index (κ1) is 17.9. The first-order chi connectivity index (χ1) is 12.1. The van der Waals surface area contributed by atoms with Gasteiger partial charge in [-0.25, -0.2) is 0 Å². The van der Waals surface area contributed by atoms with Gasteiger partial charge in [0, 0.05) is 51.0 Å². The van der Waals surface area contributed by atoms with Gasteiger partial charge in [0.1, 0.15) is 5.69 Å². The fourth-order valence-corrected chi connectivity index (χ4v) is 3.67. The summed E-state index contributed by atoms with van der Waals surface area (Å²) < 4.78 is 0. The number of nitrogens with zero attached hydrogens (tertiary/aromatic N) is 4. The van der Waals surface area contributed by atoms with Crippen LogP contribution in [0, 0.1) is 5.92 Å². The lowest BCUT2D eigenvalue weighted by molar-refractivity contribution is 0.0643. The summed E-state index contributed by atoms with van der Waals surface area (Å²) in [6.45, 7) is 10.2. The zero-order valence-electron chi connectivity index (χ0n) is 15.3. The molecule has 136 valence electrons. The Labute approximate surface area is 149 Å². The molecule has 6 heteroatoms. The van der Waals surface area contributed by atoms with E-state index in [-0.39, 0.29) is 11.8 Å². The molecule has 2 amide bonds. The molecule has 0 bridgehead atoms. The average Bonchev–Trinajstić information content (AvgIpc) is 2.67. The van der Waals surface area contributed by atoms with Crippen LogP contribution in [0.15, 0.2) is 18.3 Å². The maximum absolute atomic E-state index is 12.8. The van der Waals surface area contributed by atoms with Crippen molar-refractivity contribution in [3.63, 3.8) is 0 Å². The molecule has 2 aliphatic rings. The van der Waals surface area contributed by atoms with Crippen LogP contribution in [0.25, 0.3) is 0 Å². The summed E-state index contributed by atoms with van der Waals surface area (Å²) in [5.41, 5.74) is 0.945. The standard InChI is InChI=1S/C19H28N4O2/c1-3-21-9-11-22(12-10-21)18(24)16-6-7-20-17(13-16)19(25)23-8-4-5-15(2)14-23/h6-7,13,15H,3-5,8-12,14H2,1-2H3. The molecular formula is C19H28N4O2. The van der Waals surface area contributed by atoms with Crippen LogP contribution in [0.4, 0.5) is 0 Å². The van der Waals surface area contributed by atoms with Gasteiger partial charge in [0.15, 0.2) is 0 Å². The number of likely N-dealkylation sites (tertiary alicyclic amines) is 1. The number of hydrogen-bond donors (Lipinski definition) is 0. The summed E-state index contributed by atoms with van der Waals surface area (Å²) in [6, 6.07) is 3.38. The van der Waals surface area contributed by atoms with Crippen molar-refractivity contribution in [2.45, 2.75) is 26.7 Å². The van der Waals surface area contributed by atoms with E-state index in [2.05, 4.69) is 23.7 Å². The number of pyridine rings is 1. The topological polar surface area (TPSA) is 56.8 Å². The van der Waals surface area contributed by atoms with Crippen LogP contribution >= 0.6 is 0 Å². The molecule has 3 heterocycles. The Hall–Kier alpha value is -1.95. The van der Waals surface area contributed by atoms with E-state index >= 15 is 0 Å². The van der Waals surface area contributed by atoms with E-state index in [1.54, 1.807) is 18.3 Å². The number of amides is 2. The molecule has 2 aliphatic heterocycles. The van der Waals surface area contributed by atoms with Crippen LogP contribution in [-0.4, -0.2) is 77.3 Å². The zero-order chi connectivity index (χ0) is 17.8. The number of aromatic nitrogens is 1. The van der Waals surface area contributed by atoms with Crippen molar-refractivity contribution in [2.24, 2.45) is 5.92 Å². The second kappa shape index (κ2) is 7.95. The molecule has 1 aromatic rings. The fraction of sp³-hybridized carbons (Fsp3) is 0.632. The minimum absolute atomic E-state index is 0.000727. The number of piperazine rings is 1. The first-order valence-corrected chi connectivity index (χ1v) is 9.35. The van der Waals surface area contributed by atoms with E-state index in [1.807, 2.05) is 9.80 Å². The van der Waals surface area contributed by atoms with Crippen molar-refractivity contribution < 1.29 is 9.59 Å². The van der Waals surface area contributed by atoms with Gasteiger partial charge in [-0.1, -0.05) is 13.8 Å². The molecule has 1 atom stereocenters. The molecule has 0 saturated carbocycles. The Bertz CT molecular complexity index is 626. The van der Waals surface area contributed by atoms with Gasteiger partial charge in [-0.05, 0) is 37.4 Å². The van der Waals surface area contributed by atoms with Crippen molar-refractivity contribution in [1.29, 1.82) is 0 Å². The highest BCUT2D eigenvalue weighted by molar-refractivity contribution is 5.98. The third kappa shape index (κ3) is 4.18. The maximum atomic E-state index is 12.8. The van der Waals surface area contributed by atoms with Crippen LogP contribution in [0.1, 0.15) is 47.5 Å². The smallest absolute Gasteiger partial charge is 0.272 e. The van der Waals surface area contributed by atoms with Gasteiger partial charge in [0.05, 0.1) is 0 Å². The molecule has 2 saturated heterocycles. The molecule has 0 aliphatic carbocycles. The highest BCUT2D eigenvalue weighted by Gasteiger charge is 2.25. The van der Waals surface area contributed by atoms with E-state index in [1.165, 1.54) is 6.42 Å². The Balaban J connectivity index is 1.68. The summed E-state index contributed by atoms with van der Waals surface area (Å²) >= 11 is 0. The molecule has 2 fully saturated rings. The molecule has 0 spiro atoms. The Kier molecular flexibility index (Phi) is 5.68. The molecular weight excluding hydrogens is 316 g/mol. The Morgan fingerprint density at radius 3 is 2.56 bits per heavy atom. The van der Waals surface area contributed by atoms with Gasteiger partial charge in [-0.15, -0.1) is 0 Å². The Morgan fingerprint density at radius 2 is 1.88 bits per heavy atom. The predicted molar refractivity (Wildman–Crippen MR) is 96.6 cm³/mol. The average molecular weight is 344 g/mol. The number of carbonyl (C=O) groups is 2. The second-order valence-electron chi connectivity index (χ2n) is 7.15. The van der Waals surface area contributed by atoms with Crippen molar-refractivity contribution in [2.75, 3.05) is 45.8 Å². The number of rotatable bonds is 3. The molecule has 0 aromatic carbocycles. The largest absolute Gasteiger partial charge is 0.337 e. The van der Waals surface area contributed by atoms with Crippen molar-refractivity contribution in [3.05, 3.63) is 29.6 Å². The quantitative estimate of drug-likeness (QED) is 0.838.